The molecule has 2 aromatic rings. The Hall–Kier alpha value is -1.46. The Labute approximate surface area is 111 Å². The van der Waals surface area contributed by atoms with E-state index in [1.165, 1.54) is 17.4 Å². The maximum atomic E-state index is 13.3. The van der Waals surface area contributed by atoms with Gasteiger partial charge in [-0.05, 0) is 24.3 Å². The van der Waals surface area contributed by atoms with E-state index in [2.05, 4.69) is 5.32 Å². The molecule has 1 aromatic carbocycles. The van der Waals surface area contributed by atoms with Gasteiger partial charge < -0.3 is 5.32 Å². The van der Waals surface area contributed by atoms with Crippen LogP contribution in [0.25, 0.3) is 0 Å². The zero-order valence-corrected chi connectivity index (χ0v) is 10.6. The molecule has 0 radical (unpaired) electrons. The number of halogens is 3. The number of benzene rings is 1. The van der Waals surface area contributed by atoms with E-state index in [1.807, 2.05) is 0 Å². The zero-order valence-electron chi connectivity index (χ0n) is 9.04. The first-order valence-electron chi connectivity index (χ1n) is 5.04. The lowest BCUT2D eigenvalue weighted by molar-refractivity contribution is -0.115. The summed E-state index contributed by atoms with van der Waals surface area (Å²) in [5, 5.41) is 2.38. The molecule has 0 atom stereocenters. The predicted octanol–water partition coefficient (Wildman–Crippen LogP) is 3.86. The molecule has 2 rings (SSSR count). The molecular formula is C12H8ClF2NOS. The number of hydrogen-bond donors (Lipinski definition) is 1. The molecule has 1 N–H and O–H groups in total. The third-order valence-corrected chi connectivity index (χ3v) is 3.40. The molecule has 0 saturated heterocycles. The molecule has 1 heterocycles. The van der Waals surface area contributed by atoms with Gasteiger partial charge in [-0.1, -0.05) is 11.6 Å². The van der Waals surface area contributed by atoms with E-state index in [1.54, 1.807) is 12.1 Å². The Balaban J connectivity index is 2.03. The van der Waals surface area contributed by atoms with Gasteiger partial charge in [-0.2, -0.15) is 0 Å². The van der Waals surface area contributed by atoms with Crippen LogP contribution in [0.5, 0.6) is 0 Å². The molecule has 0 aliphatic rings. The van der Waals surface area contributed by atoms with Crippen LogP contribution in [0, 0.1) is 11.6 Å². The van der Waals surface area contributed by atoms with Crippen LogP contribution in [0.15, 0.2) is 30.3 Å². The summed E-state index contributed by atoms with van der Waals surface area (Å²) in [4.78, 5) is 12.4. The van der Waals surface area contributed by atoms with Gasteiger partial charge in [0, 0.05) is 10.9 Å². The maximum absolute atomic E-state index is 13.3. The number of nitrogens with one attached hydrogen (secondary N) is 1. The Morgan fingerprint density at radius 1 is 1.28 bits per heavy atom. The fourth-order valence-electron chi connectivity index (χ4n) is 1.39. The van der Waals surface area contributed by atoms with Gasteiger partial charge in [-0.3, -0.25) is 4.79 Å². The summed E-state index contributed by atoms with van der Waals surface area (Å²) in [6.45, 7) is 0. The molecule has 94 valence electrons. The van der Waals surface area contributed by atoms with Crippen LogP contribution in [0.2, 0.25) is 4.34 Å². The summed E-state index contributed by atoms with van der Waals surface area (Å²) < 4.78 is 26.5. The second kappa shape index (κ2) is 5.46. The van der Waals surface area contributed by atoms with Crippen molar-refractivity contribution in [3.63, 3.8) is 0 Å². The Morgan fingerprint density at radius 3 is 2.67 bits per heavy atom. The van der Waals surface area contributed by atoms with Gasteiger partial charge in [0.25, 0.3) is 0 Å². The van der Waals surface area contributed by atoms with Gasteiger partial charge in [0.1, 0.15) is 11.6 Å². The average molecular weight is 288 g/mol. The van der Waals surface area contributed by atoms with Gasteiger partial charge in [-0.25, -0.2) is 8.78 Å². The average Bonchev–Trinajstić information content (AvgIpc) is 2.68. The van der Waals surface area contributed by atoms with E-state index in [4.69, 9.17) is 11.6 Å². The Morgan fingerprint density at radius 2 is 2.06 bits per heavy atom. The quantitative estimate of drug-likeness (QED) is 0.912. The lowest BCUT2D eigenvalue weighted by Crippen LogP contribution is -2.14. The number of anilines is 1. The van der Waals surface area contributed by atoms with E-state index in [0.29, 0.717) is 4.34 Å². The summed E-state index contributed by atoms with van der Waals surface area (Å²) >= 11 is 7.02. The highest BCUT2D eigenvalue weighted by Gasteiger charge is 2.09. The molecule has 18 heavy (non-hydrogen) atoms. The predicted molar refractivity (Wildman–Crippen MR) is 68.0 cm³/mol. The van der Waals surface area contributed by atoms with Crippen molar-refractivity contribution in [2.45, 2.75) is 6.42 Å². The van der Waals surface area contributed by atoms with Crippen LogP contribution >= 0.6 is 22.9 Å². The zero-order chi connectivity index (χ0) is 13.1. The highest BCUT2D eigenvalue weighted by molar-refractivity contribution is 7.16. The van der Waals surface area contributed by atoms with Crippen LogP contribution in [-0.2, 0) is 11.2 Å². The minimum Gasteiger partial charge on any atom is -0.323 e. The highest BCUT2D eigenvalue weighted by atomic mass is 35.5. The lowest BCUT2D eigenvalue weighted by Gasteiger charge is -2.05. The van der Waals surface area contributed by atoms with Crippen molar-refractivity contribution < 1.29 is 13.6 Å². The number of rotatable bonds is 3. The van der Waals surface area contributed by atoms with Crippen LogP contribution in [0.4, 0.5) is 14.5 Å². The van der Waals surface area contributed by atoms with Crippen molar-refractivity contribution in [1.82, 2.24) is 0 Å². The van der Waals surface area contributed by atoms with Gasteiger partial charge in [0.15, 0.2) is 0 Å². The fraction of sp³-hybridized carbons (Fsp3) is 0.0833. The minimum atomic E-state index is -0.799. The molecule has 0 aliphatic carbocycles. The number of amides is 1. The highest BCUT2D eigenvalue weighted by Crippen LogP contribution is 2.22. The summed E-state index contributed by atoms with van der Waals surface area (Å²) in [5.74, 6) is -1.86. The second-order valence-electron chi connectivity index (χ2n) is 3.55. The first-order chi connectivity index (χ1) is 8.54. The van der Waals surface area contributed by atoms with Crippen molar-refractivity contribution in [2.24, 2.45) is 0 Å². The number of carbonyl (C=O) groups excluding carboxylic acids is 1. The van der Waals surface area contributed by atoms with E-state index in [0.717, 1.165) is 17.0 Å². The Kier molecular flexibility index (Phi) is 3.93. The van der Waals surface area contributed by atoms with Gasteiger partial charge in [-0.15, -0.1) is 11.3 Å². The number of carbonyl (C=O) groups is 1. The van der Waals surface area contributed by atoms with Crippen LogP contribution in [-0.4, -0.2) is 5.91 Å². The van der Waals surface area contributed by atoms with Crippen molar-refractivity contribution in [3.05, 3.63) is 51.2 Å². The summed E-state index contributed by atoms with van der Waals surface area (Å²) in [6.07, 6.45) is 0.105. The van der Waals surface area contributed by atoms with Crippen LogP contribution in [0.1, 0.15) is 4.88 Å². The molecule has 0 saturated carbocycles. The number of thiophene rings is 1. The topological polar surface area (TPSA) is 29.1 Å². The van der Waals surface area contributed by atoms with Gasteiger partial charge in [0.05, 0.1) is 16.4 Å². The third kappa shape index (κ3) is 3.27. The number of hydrogen-bond acceptors (Lipinski definition) is 2. The molecule has 6 heteroatoms. The first kappa shape index (κ1) is 13.0. The molecule has 0 unspecified atom stereocenters. The molecule has 0 bridgehead atoms. The monoisotopic (exact) mass is 287 g/mol. The molecule has 2 nitrogen and oxygen atoms in total. The van der Waals surface area contributed by atoms with E-state index < -0.39 is 11.6 Å². The SMILES string of the molecule is O=C(Cc1ccc(Cl)s1)Nc1ccc(F)cc1F. The smallest absolute Gasteiger partial charge is 0.229 e. The second-order valence-corrected chi connectivity index (χ2v) is 5.35. The standard InChI is InChI=1S/C12H8ClF2NOS/c13-11-4-2-8(18-11)6-12(17)16-10-3-1-7(14)5-9(10)15/h1-5H,6H2,(H,16,17). The normalized spacial score (nSPS) is 10.4. The molecule has 0 spiro atoms. The first-order valence-corrected chi connectivity index (χ1v) is 6.23. The Bertz CT molecular complexity index is 585. The van der Waals surface area contributed by atoms with E-state index in [9.17, 15) is 13.6 Å². The maximum Gasteiger partial charge on any atom is 0.229 e. The molecule has 1 aromatic heterocycles. The summed E-state index contributed by atoms with van der Waals surface area (Å²) in [7, 11) is 0. The molecule has 1 amide bonds. The van der Waals surface area contributed by atoms with E-state index in [-0.39, 0.29) is 18.0 Å². The lowest BCUT2D eigenvalue weighted by atomic mass is 10.2. The van der Waals surface area contributed by atoms with Crippen LogP contribution < -0.4 is 5.32 Å². The molecule has 0 fully saturated rings. The van der Waals surface area contributed by atoms with Crippen molar-refractivity contribution in [2.75, 3.05) is 5.32 Å². The minimum absolute atomic E-state index is 0.0379. The molecular weight excluding hydrogens is 280 g/mol. The van der Waals surface area contributed by atoms with E-state index >= 15 is 0 Å². The summed E-state index contributed by atoms with van der Waals surface area (Å²) in [5.41, 5.74) is -0.0379. The van der Waals surface area contributed by atoms with Gasteiger partial charge >= 0.3 is 0 Å². The summed E-state index contributed by atoms with van der Waals surface area (Å²) in [6, 6.07) is 6.41. The largest absolute Gasteiger partial charge is 0.323 e. The van der Waals surface area contributed by atoms with Crippen LogP contribution in [0.3, 0.4) is 0 Å². The molecule has 0 aliphatic heterocycles. The fourth-order valence-corrected chi connectivity index (χ4v) is 2.48. The van der Waals surface area contributed by atoms with Crippen molar-refractivity contribution in [3.8, 4) is 0 Å². The van der Waals surface area contributed by atoms with Gasteiger partial charge in [0.2, 0.25) is 5.91 Å². The van der Waals surface area contributed by atoms with Crippen molar-refractivity contribution >= 4 is 34.5 Å². The third-order valence-electron chi connectivity index (χ3n) is 2.17. The van der Waals surface area contributed by atoms with Crippen molar-refractivity contribution in [1.29, 1.82) is 0 Å².